The lowest BCUT2D eigenvalue weighted by Crippen LogP contribution is -2.14. The fraction of sp³-hybridized carbons (Fsp3) is 0.500. The molecule has 64 valence electrons. The van der Waals surface area contributed by atoms with Crippen molar-refractivity contribution >= 4 is 0 Å². The Morgan fingerprint density at radius 3 is 3.17 bits per heavy atom. The van der Waals surface area contributed by atoms with Gasteiger partial charge in [0.15, 0.2) is 0 Å². The fourth-order valence-electron chi connectivity index (χ4n) is 0.918. The van der Waals surface area contributed by atoms with Crippen molar-refractivity contribution in [2.24, 2.45) is 7.05 Å². The quantitative estimate of drug-likeness (QED) is 0.656. The van der Waals surface area contributed by atoms with Gasteiger partial charge in [-0.05, 0) is 6.07 Å². The lowest BCUT2D eigenvalue weighted by atomic mass is 10.4. The third-order valence-corrected chi connectivity index (χ3v) is 1.49. The third kappa shape index (κ3) is 2.72. The molecule has 4 heteroatoms. The number of nitrogens with zero attached hydrogens (tertiary/aromatic N) is 3. The summed E-state index contributed by atoms with van der Waals surface area (Å²) in [5.41, 5.74) is 1.01. The maximum Gasteiger partial charge on any atom is 0.0762 e. The molecule has 1 heterocycles. The fourth-order valence-corrected chi connectivity index (χ4v) is 0.918. The van der Waals surface area contributed by atoms with Gasteiger partial charge in [-0.3, -0.25) is 4.68 Å². The van der Waals surface area contributed by atoms with Crippen molar-refractivity contribution in [1.29, 1.82) is 5.26 Å². The summed E-state index contributed by atoms with van der Waals surface area (Å²) in [6.45, 7) is 1.47. The largest absolute Gasteiger partial charge is 0.310 e. The maximum atomic E-state index is 8.26. The van der Waals surface area contributed by atoms with Crippen LogP contribution in [0, 0.1) is 11.3 Å². The summed E-state index contributed by atoms with van der Waals surface area (Å²) in [4.78, 5) is 0. The first-order valence-corrected chi connectivity index (χ1v) is 3.89. The molecule has 0 aliphatic heterocycles. The average Bonchev–Trinajstić information content (AvgIpc) is 2.45. The van der Waals surface area contributed by atoms with Crippen LogP contribution in [0.15, 0.2) is 12.3 Å². The second kappa shape index (κ2) is 4.52. The zero-order valence-corrected chi connectivity index (χ0v) is 7.12. The third-order valence-electron chi connectivity index (χ3n) is 1.49. The Kier molecular flexibility index (Phi) is 3.30. The first-order valence-electron chi connectivity index (χ1n) is 3.89. The summed E-state index contributed by atoms with van der Waals surface area (Å²) in [5.74, 6) is 0. The molecule has 0 saturated carbocycles. The van der Waals surface area contributed by atoms with Crippen LogP contribution in [0.25, 0.3) is 0 Å². The normalized spacial score (nSPS) is 9.67. The zero-order chi connectivity index (χ0) is 8.81. The van der Waals surface area contributed by atoms with Gasteiger partial charge < -0.3 is 5.32 Å². The van der Waals surface area contributed by atoms with Crippen LogP contribution < -0.4 is 5.32 Å². The molecule has 0 atom stereocenters. The summed E-state index contributed by atoms with van der Waals surface area (Å²) in [7, 11) is 1.89. The van der Waals surface area contributed by atoms with Crippen molar-refractivity contribution in [1.82, 2.24) is 15.1 Å². The number of rotatable bonds is 4. The van der Waals surface area contributed by atoms with E-state index in [9.17, 15) is 0 Å². The molecule has 0 aromatic carbocycles. The van der Waals surface area contributed by atoms with E-state index in [2.05, 4.69) is 16.5 Å². The highest BCUT2D eigenvalue weighted by atomic mass is 15.3. The monoisotopic (exact) mass is 164 g/mol. The number of aromatic nitrogens is 2. The van der Waals surface area contributed by atoms with E-state index < -0.39 is 0 Å². The Balaban J connectivity index is 2.21. The van der Waals surface area contributed by atoms with Gasteiger partial charge >= 0.3 is 0 Å². The van der Waals surface area contributed by atoms with E-state index in [-0.39, 0.29) is 0 Å². The van der Waals surface area contributed by atoms with Crippen molar-refractivity contribution in [3.63, 3.8) is 0 Å². The second-order valence-corrected chi connectivity index (χ2v) is 2.57. The van der Waals surface area contributed by atoms with Crippen LogP contribution in [0.5, 0.6) is 0 Å². The smallest absolute Gasteiger partial charge is 0.0762 e. The van der Waals surface area contributed by atoms with Gasteiger partial charge in [-0.1, -0.05) is 0 Å². The molecule has 12 heavy (non-hydrogen) atoms. The van der Waals surface area contributed by atoms with E-state index in [0.717, 1.165) is 18.8 Å². The average molecular weight is 164 g/mol. The summed E-state index contributed by atoms with van der Waals surface area (Å²) >= 11 is 0. The molecule has 1 aromatic heterocycles. The van der Waals surface area contributed by atoms with E-state index in [1.54, 1.807) is 4.68 Å². The molecule has 1 N–H and O–H groups in total. The van der Waals surface area contributed by atoms with Crippen LogP contribution >= 0.6 is 0 Å². The molecule has 0 aliphatic carbocycles. The summed E-state index contributed by atoms with van der Waals surface area (Å²) in [6.07, 6.45) is 2.45. The van der Waals surface area contributed by atoms with Crippen LogP contribution in [0.4, 0.5) is 0 Å². The minimum atomic E-state index is 0.548. The minimum absolute atomic E-state index is 0.548. The molecule has 0 spiro atoms. The molecular formula is C8H12N4. The Morgan fingerprint density at radius 2 is 2.58 bits per heavy atom. The van der Waals surface area contributed by atoms with Crippen LogP contribution in [0.3, 0.4) is 0 Å². The van der Waals surface area contributed by atoms with Gasteiger partial charge in [0.2, 0.25) is 0 Å². The molecule has 0 aliphatic rings. The molecule has 0 unspecified atom stereocenters. The van der Waals surface area contributed by atoms with Crippen LogP contribution in [0.1, 0.15) is 12.1 Å². The summed E-state index contributed by atoms with van der Waals surface area (Å²) in [6, 6.07) is 4.03. The van der Waals surface area contributed by atoms with E-state index in [0.29, 0.717) is 6.42 Å². The van der Waals surface area contributed by atoms with Crippen LogP contribution in [-0.4, -0.2) is 16.3 Å². The Morgan fingerprint density at radius 1 is 1.75 bits per heavy atom. The van der Waals surface area contributed by atoms with Gasteiger partial charge in [-0.2, -0.15) is 10.4 Å². The highest BCUT2D eigenvalue weighted by Crippen LogP contribution is 1.92. The van der Waals surface area contributed by atoms with Gasteiger partial charge in [0.05, 0.1) is 11.8 Å². The van der Waals surface area contributed by atoms with E-state index >= 15 is 0 Å². The predicted molar refractivity (Wildman–Crippen MR) is 45.1 cm³/mol. The number of aryl methyl sites for hydroxylation is 1. The highest BCUT2D eigenvalue weighted by molar-refractivity contribution is 4.97. The highest BCUT2D eigenvalue weighted by Gasteiger charge is 1.94. The van der Waals surface area contributed by atoms with Crippen LogP contribution in [0.2, 0.25) is 0 Å². The second-order valence-electron chi connectivity index (χ2n) is 2.57. The van der Waals surface area contributed by atoms with Crippen molar-refractivity contribution in [2.75, 3.05) is 6.54 Å². The number of nitrogens with one attached hydrogen (secondary N) is 1. The molecule has 1 aromatic rings. The lowest BCUT2D eigenvalue weighted by molar-refractivity contribution is 0.661. The topological polar surface area (TPSA) is 53.6 Å². The molecule has 0 bridgehead atoms. The van der Waals surface area contributed by atoms with Crippen molar-refractivity contribution in [3.8, 4) is 6.07 Å². The summed E-state index contributed by atoms with van der Waals surface area (Å²) in [5, 5.41) is 15.6. The first-order chi connectivity index (χ1) is 5.83. The van der Waals surface area contributed by atoms with Crippen molar-refractivity contribution in [2.45, 2.75) is 13.0 Å². The molecule has 0 radical (unpaired) electrons. The molecule has 0 saturated heterocycles. The standard InChI is InChI=1S/C8H12N4/c1-12-6-3-8(11-12)7-10-5-2-4-9/h3,6,10H,2,5,7H2,1H3. The van der Waals surface area contributed by atoms with E-state index in [1.807, 2.05) is 19.3 Å². The molecule has 4 nitrogen and oxygen atoms in total. The number of hydrogen-bond donors (Lipinski definition) is 1. The van der Waals surface area contributed by atoms with Crippen LogP contribution in [-0.2, 0) is 13.6 Å². The SMILES string of the molecule is Cn1ccc(CNCCC#N)n1. The molecule has 0 fully saturated rings. The Labute approximate surface area is 71.8 Å². The van der Waals surface area contributed by atoms with Gasteiger partial charge in [0, 0.05) is 32.8 Å². The zero-order valence-electron chi connectivity index (χ0n) is 7.12. The minimum Gasteiger partial charge on any atom is -0.310 e. The molecule has 0 amide bonds. The Bertz CT molecular complexity index is 271. The lowest BCUT2D eigenvalue weighted by Gasteiger charge is -1.96. The van der Waals surface area contributed by atoms with Gasteiger partial charge in [-0.15, -0.1) is 0 Å². The van der Waals surface area contributed by atoms with E-state index in [4.69, 9.17) is 5.26 Å². The van der Waals surface area contributed by atoms with Crippen molar-refractivity contribution in [3.05, 3.63) is 18.0 Å². The van der Waals surface area contributed by atoms with Gasteiger partial charge in [-0.25, -0.2) is 0 Å². The Hall–Kier alpha value is -1.34. The number of nitriles is 1. The maximum absolute atomic E-state index is 8.26. The molecular weight excluding hydrogens is 152 g/mol. The number of hydrogen-bond acceptors (Lipinski definition) is 3. The predicted octanol–water partition coefficient (Wildman–Crippen LogP) is 0.423. The molecule has 1 rings (SSSR count). The van der Waals surface area contributed by atoms with Gasteiger partial charge in [0.25, 0.3) is 0 Å². The van der Waals surface area contributed by atoms with E-state index in [1.165, 1.54) is 0 Å². The van der Waals surface area contributed by atoms with Gasteiger partial charge in [0.1, 0.15) is 0 Å². The first kappa shape index (κ1) is 8.75. The van der Waals surface area contributed by atoms with Crippen molar-refractivity contribution < 1.29 is 0 Å². The summed E-state index contributed by atoms with van der Waals surface area (Å²) < 4.78 is 1.77.